The van der Waals surface area contributed by atoms with Crippen LogP contribution in [0.3, 0.4) is 0 Å². The third-order valence-corrected chi connectivity index (χ3v) is 6.56. The summed E-state index contributed by atoms with van der Waals surface area (Å²) in [6, 6.07) is 8.68. The fourth-order valence-electron chi connectivity index (χ4n) is 4.60. The van der Waals surface area contributed by atoms with Gasteiger partial charge in [0.05, 0.1) is 5.41 Å². The normalized spacial score (nSPS) is 25.6. The lowest BCUT2D eigenvalue weighted by atomic mass is 9.76. The van der Waals surface area contributed by atoms with E-state index >= 15 is 0 Å². The van der Waals surface area contributed by atoms with E-state index in [-0.39, 0.29) is 5.91 Å². The molecule has 27 heavy (non-hydrogen) atoms. The summed E-state index contributed by atoms with van der Waals surface area (Å²) in [6.07, 6.45) is 4.94. The first kappa shape index (κ1) is 20.6. The lowest BCUT2D eigenvalue weighted by molar-refractivity contribution is -0.133. The number of hydrogen-bond donors (Lipinski definition) is 1. The number of amides is 1. The molecule has 2 N–H and O–H groups in total. The molecule has 2 aliphatic rings. The second-order valence-corrected chi connectivity index (χ2v) is 8.53. The maximum Gasteiger partial charge on any atom is 0.225 e. The van der Waals surface area contributed by atoms with Crippen molar-refractivity contribution in [3.8, 4) is 0 Å². The Kier molecular flexibility index (Phi) is 7.15. The van der Waals surface area contributed by atoms with E-state index in [0.29, 0.717) is 12.6 Å². The molecule has 0 saturated carbocycles. The number of piperidine rings is 2. The molecule has 150 valence electrons. The van der Waals surface area contributed by atoms with E-state index in [1.807, 2.05) is 12.1 Å². The minimum absolute atomic E-state index is 0.163. The molecule has 5 nitrogen and oxygen atoms in total. The van der Waals surface area contributed by atoms with Gasteiger partial charge >= 0.3 is 0 Å². The van der Waals surface area contributed by atoms with E-state index in [1.54, 1.807) is 7.11 Å². The number of carbonyl (C=O) groups is 1. The Bertz CT molecular complexity index is 616. The molecule has 0 radical (unpaired) electrons. The second-order valence-electron chi connectivity index (χ2n) is 8.10. The molecule has 1 aromatic rings. The van der Waals surface area contributed by atoms with Crippen LogP contribution in [-0.2, 0) is 16.1 Å². The van der Waals surface area contributed by atoms with E-state index in [9.17, 15) is 4.79 Å². The molecule has 0 spiro atoms. The number of halogens is 1. The van der Waals surface area contributed by atoms with Crippen molar-refractivity contribution in [2.24, 2.45) is 11.1 Å². The highest BCUT2D eigenvalue weighted by Gasteiger charge is 2.42. The number of rotatable bonds is 7. The first-order valence-electron chi connectivity index (χ1n) is 10.0. The zero-order chi connectivity index (χ0) is 19.3. The minimum atomic E-state index is -0.422. The molecule has 2 heterocycles. The molecule has 3 rings (SSSR count). The standard InChI is InChI=1S/C21H32ClN3O2/c1-27-14-10-21(20(23)26)9-2-11-25(16-21)19-7-12-24(13-8-19)15-17-3-5-18(22)6-4-17/h3-6,19H,2,7-16H2,1H3,(H2,23,26). The molecule has 0 bridgehead atoms. The number of nitrogens with two attached hydrogens (primary N) is 1. The molecule has 1 atom stereocenters. The van der Waals surface area contributed by atoms with Crippen molar-refractivity contribution in [1.82, 2.24) is 9.80 Å². The third kappa shape index (κ3) is 5.23. The highest BCUT2D eigenvalue weighted by molar-refractivity contribution is 6.30. The summed E-state index contributed by atoms with van der Waals surface area (Å²) in [5.41, 5.74) is 6.70. The summed E-state index contributed by atoms with van der Waals surface area (Å²) in [4.78, 5) is 17.2. The van der Waals surface area contributed by atoms with Crippen molar-refractivity contribution < 1.29 is 9.53 Å². The van der Waals surface area contributed by atoms with Gasteiger partial charge in [0.25, 0.3) is 0 Å². The average molecular weight is 394 g/mol. The van der Waals surface area contributed by atoms with Crippen LogP contribution in [0.25, 0.3) is 0 Å². The van der Waals surface area contributed by atoms with Crippen LogP contribution >= 0.6 is 11.6 Å². The summed E-state index contributed by atoms with van der Waals surface area (Å²) < 4.78 is 5.24. The Hall–Kier alpha value is -1.14. The molecule has 0 aromatic heterocycles. The Morgan fingerprint density at radius 2 is 1.96 bits per heavy atom. The Morgan fingerprint density at radius 1 is 1.26 bits per heavy atom. The molecular weight excluding hydrogens is 362 g/mol. The van der Waals surface area contributed by atoms with Gasteiger partial charge in [0.2, 0.25) is 5.91 Å². The number of ether oxygens (including phenoxy) is 1. The number of methoxy groups -OCH3 is 1. The summed E-state index contributed by atoms with van der Waals surface area (Å²) in [5, 5.41) is 0.786. The van der Waals surface area contributed by atoms with Crippen molar-refractivity contribution in [3.05, 3.63) is 34.9 Å². The van der Waals surface area contributed by atoms with Gasteiger partial charge in [0, 0.05) is 37.9 Å². The number of benzene rings is 1. The molecule has 2 aliphatic heterocycles. The summed E-state index contributed by atoms with van der Waals surface area (Å²) in [5.74, 6) is -0.163. The first-order chi connectivity index (χ1) is 13.0. The van der Waals surface area contributed by atoms with Crippen molar-refractivity contribution in [2.75, 3.05) is 39.9 Å². The molecule has 0 aliphatic carbocycles. The van der Waals surface area contributed by atoms with E-state index in [0.717, 1.165) is 69.9 Å². The van der Waals surface area contributed by atoms with Crippen LogP contribution in [0.1, 0.15) is 37.7 Å². The molecule has 2 saturated heterocycles. The predicted molar refractivity (Wildman–Crippen MR) is 109 cm³/mol. The van der Waals surface area contributed by atoms with E-state index in [1.165, 1.54) is 5.56 Å². The van der Waals surface area contributed by atoms with Crippen molar-refractivity contribution >= 4 is 17.5 Å². The molecular formula is C21H32ClN3O2. The lowest BCUT2D eigenvalue weighted by Gasteiger charge is -2.46. The van der Waals surface area contributed by atoms with Gasteiger partial charge in [-0.05, 0) is 69.4 Å². The third-order valence-electron chi connectivity index (χ3n) is 6.31. The zero-order valence-electron chi connectivity index (χ0n) is 16.3. The van der Waals surface area contributed by atoms with Gasteiger partial charge in [-0.25, -0.2) is 0 Å². The van der Waals surface area contributed by atoms with Gasteiger partial charge in [-0.3, -0.25) is 14.6 Å². The topological polar surface area (TPSA) is 58.8 Å². The Balaban J connectivity index is 1.53. The molecule has 2 fully saturated rings. The monoisotopic (exact) mass is 393 g/mol. The van der Waals surface area contributed by atoms with Gasteiger partial charge in [-0.2, -0.15) is 0 Å². The molecule has 1 amide bonds. The second kappa shape index (κ2) is 9.37. The zero-order valence-corrected chi connectivity index (χ0v) is 17.1. The number of likely N-dealkylation sites (tertiary alicyclic amines) is 2. The van der Waals surface area contributed by atoms with Crippen LogP contribution in [0, 0.1) is 5.41 Å². The Labute approximate surface area is 167 Å². The van der Waals surface area contributed by atoms with Crippen molar-refractivity contribution in [3.63, 3.8) is 0 Å². The van der Waals surface area contributed by atoms with Crippen LogP contribution in [0.15, 0.2) is 24.3 Å². The summed E-state index contributed by atoms with van der Waals surface area (Å²) in [6.45, 7) is 5.60. The number of hydrogen-bond acceptors (Lipinski definition) is 4. The Morgan fingerprint density at radius 3 is 2.59 bits per heavy atom. The largest absolute Gasteiger partial charge is 0.385 e. The van der Waals surface area contributed by atoms with Gasteiger partial charge in [0.15, 0.2) is 0 Å². The highest BCUT2D eigenvalue weighted by Crippen LogP contribution is 2.35. The molecule has 6 heteroatoms. The number of primary amides is 1. The van der Waals surface area contributed by atoms with E-state index in [2.05, 4.69) is 21.9 Å². The summed E-state index contributed by atoms with van der Waals surface area (Å²) >= 11 is 5.98. The maximum atomic E-state index is 12.2. The van der Waals surface area contributed by atoms with Crippen molar-refractivity contribution in [2.45, 2.75) is 44.7 Å². The summed E-state index contributed by atoms with van der Waals surface area (Å²) in [7, 11) is 1.69. The van der Waals surface area contributed by atoms with E-state index in [4.69, 9.17) is 22.1 Å². The van der Waals surface area contributed by atoms with Crippen LogP contribution in [-0.4, -0.2) is 61.6 Å². The van der Waals surface area contributed by atoms with Crippen LogP contribution < -0.4 is 5.73 Å². The lowest BCUT2D eigenvalue weighted by Crippen LogP contribution is -2.55. The van der Waals surface area contributed by atoms with Crippen LogP contribution in [0.4, 0.5) is 0 Å². The highest BCUT2D eigenvalue weighted by atomic mass is 35.5. The molecule has 1 aromatic carbocycles. The average Bonchev–Trinajstić information content (AvgIpc) is 2.69. The SMILES string of the molecule is COCCC1(C(N)=O)CCCN(C2CCN(Cc3ccc(Cl)cc3)CC2)C1. The molecule has 1 unspecified atom stereocenters. The first-order valence-corrected chi connectivity index (χ1v) is 10.4. The fourth-order valence-corrected chi connectivity index (χ4v) is 4.72. The maximum absolute atomic E-state index is 12.2. The fraction of sp³-hybridized carbons (Fsp3) is 0.667. The van der Waals surface area contributed by atoms with Gasteiger partial charge in [-0.15, -0.1) is 0 Å². The van der Waals surface area contributed by atoms with Gasteiger partial charge in [-0.1, -0.05) is 23.7 Å². The van der Waals surface area contributed by atoms with Crippen LogP contribution in [0.5, 0.6) is 0 Å². The van der Waals surface area contributed by atoms with Gasteiger partial charge < -0.3 is 10.5 Å². The number of carbonyl (C=O) groups excluding carboxylic acids is 1. The predicted octanol–water partition coefficient (Wildman–Crippen LogP) is 2.91. The number of nitrogens with zero attached hydrogens (tertiary/aromatic N) is 2. The quantitative estimate of drug-likeness (QED) is 0.773. The van der Waals surface area contributed by atoms with Gasteiger partial charge in [0.1, 0.15) is 0 Å². The van der Waals surface area contributed by atoms with Crippen molar-refractivity contribution in [1.29, 1.82) is 0 Å². The van der Waals surface area contributed by atoms with Crippen LogP contribution in [0.2, 0.25) is 5.02 Å². The van der Waals surface area contributed by atoms with E-state index < -0.39 is 5.41 Å². The minimum Gasteiger partial charge on any atom is -0.385 e. The smallest absolute Gasteiger partial charge is 0.225 e.